The molecule has 22 heavy (non-hydrogen) atoms. The molecule has 0 atom stereocenters. The predicted molar refractivity (Wildman–Crippen MR) is 86.4 cm³/mol. The Labute approximate surface area is 133 Å². The van der Waals surface area contributed by atoms with Gasteiger partial charge >= 0.3 is 6.03 Å². The first kappa shape index (κ1) is 15.3. The minimum absolute atomic E-state index is 0.0652. The van der Waals surface area contributed by atoms with E-state index in [9.17, 15) is 4.79 Å². The Bertz CT molecular complexity index is 574. The van der Waals surface area contributed by atoms with Gasteiger partial charge in [-0.25, -0.2) is 4.79 Å². The lowest BCUT2D eigenvalue weighted by Gasteiger charge is -2.41. The number of benzene rings is 1. The molecule has 2 heterocycles. The second-order valence-electron chi connectivity index (χ2n) is 6.84. The highest BCUT2D eigenvalue weighted by Crippen LogP contribution is 2.51. The molecule has 1 aromatic carbocycles. The summed E-state index contributed by atoms with van der Waals surface area (Å²) >= 11 is 0. The van der Waals surface area contributed by atoms with Gasteiger partial charge in [-0.2, -0.15) is 0 Å². The summed E-state index contributed by atoms with van der Waals surface area (Å²) in [6.07, 6.45) is 1.70. The molecule has 3 rings (SSSR count). The van der Waals surface area contributed by atoms with Crippen molar-refractivity contribution in [3.05, 3.63) is 42.3 Å². The third-order valence-electron chi connectivity index (χ3n) is 5.02. The van der Waals surface area contributed by atoms with Gasteiger partial charge in [-0.1, -0.05) is 24.3 Å². The van der Waals surface area contributed by atoms with E-state index in [4.69, 9.17) is 4.74 Å². The van der Waals surface area contributed by atoms with Crippen molar-refractivity contribution >= 4 is 6.03 Å². The molecular formula is C18H25N2O2. The van der Waals surface area contributed by atoms with Gasteiger partial charge < -0.3 is 14.5 Å². The molecule has 119 valence electrons. The predicted octanol–water partition coefficient (Wildman–Crippen LogP) is 3.13. The van der Waals surface area contributed by atoms with E-state index in [-0.39, 0.29) is 17.2 Å². The van der Waals surface area contributed by atoms with Crippen LogP contribution in [0.2, 0.25) is 0 Å². The van der Waals surface area contributed by atoms with Crippen LogP contribution in [-0.4, -0.2) is 42.5 Å². The van der Waals surface area contributed by atoms with Crippen LogP contribution in [0.1, 0.15) is 37.8 Å². The minimum atomic E-state index is -0.257. The average molecular weight is 301 g/mol. The van der Waals surface area contributed by atoms with E-state index in [0.29, 0.717) is 6.54 Å². The molecule has 0 aliphatic carbocycles. The van der Waals surface area contributed by atoms with E-state index in [0.717, 1.165) is 25.9 Å². The Morgan fingerprint density at radius 1 is 1.27 bits per heavy atom. The first-order valence-corrected chi connectivity index (χ1v) is 7.99. The molecular weight excluding hydrogens is 276 g/mol. The molecule has 4 heteroatoms. The lowest BCUT2D eigenvalue weighted by Crippen LogP contribution is -2.49. The number of ether oxygens (including phenoxy) is 1. The second kappa shape index (κ2) is 5.27. The Morgan fingerprint density at radius 2 is 1.86 bits per heavy atom. The topological polar surface area (TPSA) is 32.8 Å². The molecule has 2 amide bonds. The zero-order chi connectivity index (χ0) is 16.0. The minimum Gasteiger partial charge on any atom is -0.360 e. The summed E-state index contributed by atoms with van der Waals surface area (Å²) in [6, 6.07) is 8.57. The molecule has 1 radical (unpaired) electrons. The summed E-state index contributed by atoms with van der Waals surface area (Å²) in [4.78, 5) is 15.8. The fourth-order valence-corrected chi connectivity index (χ4v) is 3.77. The number of fused-ring (bicyclic) bond motifs is 2. The number of nitrogens with zero attached hydrogens (tertiary/aromatic N) is 2. The number of urea groups is 1. The zero-order valence-corrected chi connectivity index (χ0v) is 13.8. The molecule has 0 saturated carbocycles. The number of carbonyl (C=O) groups excluding carboxylic acids is 1. The van der Waals surface area contributed by atoms with E-state index in [1.807, 2.05) is 4.90 Å². The number of rotatable bonds is 1. The Balaban J connectivity index is 1.81. The molecule has 0 aromatic heterocycles. The van der Waals surface area contributed by atoms with E-state index >= 15 is 0 Å². The highest BCUT2D eigenvalue weighted by Gasteiger charge is 2.50. The maximum atomic E-state index is 12.3. The van der Waals surface area contributed by atoms with Crippen LogP contribution in [-0.2, 0) is 15.9 Å². The maximum absolute atomic E-state index is 12.3. The standard InChI is InChI=1S/C18H25N2O2/c1-5-19(4)16(21)20-12-10-18(11-13-20)15-9-7-6-8-14(15)17(2,3)22-18/h6-9H,1,5,10-13H2,2-4H3. The van der Waals surface area contributed by atoms with Crippen molar-refractivity contribution in [2.24, 2.45) is 0 Å². The quantitative estimate of drug-likeness (QED) is 0.798. The number of likely N-dealkylation sites (tertiary alicyclic amines) is 1. The highest BCUT2D eigenvalue weighted by atomic mass is 16.5. The first-order chi connectivity index (χ1) is 10.4. The molecule has 0 unspecified atom stereocenters. The monoisotopic (exact) mass is 301 g/mol. The molecule has 1 aromatic rings. The SMILES string of the molecule is [CH2]CN(C)C(=O)N1CCC2(CC1)OC(C)(C)c1ccccc12. The molecule has 1 saturated heterocycles. The van der Waals surface area contributed by atoms with Crippen molar-refractivity contribution < 1.29 is 9.53 Å². The van der Waals surface area contributed by atoms with Gasteiger partial charge in [0.2, 0.25) is 0 Å². The van der Waals surface area contributed by atoms with Gasteiger partial charge in [-0.15, -0.1) is 0 Å². The van der Waals surface area contributed by atoms with Crippen molar-refractivity contribution in [2.45, 2.75) is 37.9 Å². The summed E-state index contributed by atoms with van der Waals surface area (Å²) in [5, 5.41) is 0. The maximum Gasteiger partial charge on any atom is 0.319 e. The third-order valence-corrected chi connectivity index (χ3v) is 5.02. The Kier molecular flexibility index (Phi) is 3.68. The summed E-state index contributed by atoms with van der Waals surface area (Å²) in [7, 11) is 1.80. The van der Waals surface area contributed by atoms with E-state index in [1.165, 1.54) is 11.1 Å². The third kappa shape index (κ3) is 2.30. The smallest absolute Gasteiger partial charge is 0.319 e. The molecule has 2 aliphatic heterocycles. The van der Waals surface area contributed by atoms with Crippen LogP contribution in [0.25, 0.3) is 0 Å². The van der Waals surface area contributed by atoms with Gasteiger partial charge in [0, 0.05) is 26.7 Å². The summed E-state index contributed by atoms with van der Waals surface area (Å²) in [5.74, 6) is 0. The van der Waals surface area contributed by atoms with Crippen LogP contribution in [0, 0.1) is 6.92 Å². The lowest BCUT2D eigenvalue weighted by molar-refractivity contribution is -0.146. The van der Waals surface area contributed by atoms with Crippen molar-refractivity contribution in [1.29, 1.82) is 0 Å². The van der Waals surface area contributed by atoms with Crippen molar-refractivity contribution in [1.82, 2.24) is 9.80 Å². The average Bonchev–Trinajstić information content (AvgIpc) is 2.75. The van der Waals surface area contributed by atoms with Crippen molar-refractivity contribution in [3.8, 4) is 0 Å². The number of carbonyl (C=O) groups is 1. The molecule has 1 spiro atoms. The summed E-state index contributed by atoms with van der Waals surface area (Å²) < 4.78 is 6.50. The van der Waals surface area contributed by atoms with Gasteiger partial charge in [0.05, 0.1) is 11.2 Å². The summed E-state index contributed by atoms with van der Waals surface area (Å²) in [5.41, 5.74) is 2.09. The van der Waals surface area contributed by atoms with E-state index in [1.54, 1.807) is 11.9 Å². The fraction of sp³-hybridized carbons (Fsp3) is 0.556. The van der Waals surface area contributed by atoms with Gasteiger partial charge in [0.15, 0.2) is 0 Å². The van der Waals surface area contributed by atoms with Crippen LogP contribution in [0.15, 0.2) is 24.3 Å². The van der Waals surface area contributed by atoms with E-state index < -0.39 is 0 Å². The lowest BCUT2D eigenvalue weighted by atomic mass is 9.82. The van der Waals surface area contributed by atoms with E-state index in [2.05, 4.69) is 45.0 Å². The summed E-state index contributed by atoms with van der Waals surface area (Å²) in [6.45, 7) is 9.99. The van der Waals surface area contributed by atoms with Crippen molar-refractivity contribution in [2.75, 3.05) is 26.7 Å². The Hall–Kier alpha value is -1.55. The molecule has 1 fully saturated rings. The fourth-order valence-electron chi connectivity index (χ4n) is 3.77. The molecule has 0 bridgehead atoms. The number of hydrogen-bond acceptors (Lipinski definition) is 2. The van der Waals surface area contributed by atoms with Crippen LogP contribution in [0.5, 0.6) is 0 Å². The highest BCUT2D eigenvalue weighted by molar-refractivity contribution is 5.74. The van der Waals surface area contributed by atoms with Crippen LogP contribution < -0.4 is 0 Å². The first-order valence-electron chi connectivity index (χ1n) is 7.99. The molecule has 4 nitrogen and oxygen atoms in total. The second-order valence-corrected chi connectivity index (χ2v) is 6.84. The normalized spacial score (nSPS) is 21.7. The van der Waals surface area contributed by atoms with Crippen LogP contribution in [0.4, 0.5) is 4.79 Å². The Morgan fingerprint density at radius 3 is 2.45 bits per heavy atom. The zero-order valence-electron chi connectivity index (χ0n) is 13.8. The van der Waals surface area contributed by atoms with Gasteiger partial charge in [-0.3, -0.25) is 0 Å². The van der Waals surface area contributed by atoms with Gasteiger partial charge in [0.1, 0.15) is 0 Å². The molecule has 0 N–H and O–H groups in total. The van der Waals surface area contributed by atoms with Crippen LogP contribution in [0.3, 0.4) is 0 Å². The van der Waals surface area contributed by atoms with Gasteiger partial charge in [0.25, 0.3) is 0 Å². The number of amides is 2. The number of piperidine rings is 1. The number of hydrogen-bond donors (Lipinski definition) is 0. The van der Waals surface area contributed by atoms with Crippen LogP contribution >= 0.6 is 0 Å². The van der Waals surface area contributed by atoms with Crippen molar-refractivity contribution in [3.63, 3.8) is 0 Å². The van der Waals surface area contributed by atoms with Gasteiger partial charge in [-0.05, 0) is 44.7 Å². The largest absolute Gasteiger partial charge is 0.360 e. The molecule has 2 aliphatic rings.